The zero-order valence-electron chi connectivity index (χ0n) is 14.2. The molecular weight excluding hydrogens is 314 g/mol. The predicted octanol–water partition coefficient (Wildman–Crippen LogP) is 2.25. The number of carbonyl (C=O) groups excluding carboxylic acids is 1. The topological polar surface area (TPSA) is 60.3 Å². The van der Waals surface area contributed by atoms with Crippen molar-refractivity contribution in [2.24, 2.45) is 9.98 Å². The molecule has 6 heteroatoms. The Morgan fingerprint density at radius 1 is 1.16 bits per heavy atom. The Morgan fingerprint density at radius 3 is 2.84 bits per heavy atom. The fourth-order valence-corrected chi connectivity index (χ4v) is 3.01. The average molecular weight is 333 g/mol. The van der Waals surface area contributed by atoms with E-state index in [1.54, 1.807) is 6.07 Å². The third-order valence-corrected chi connectivity index (χ3v) is 4.32. The molecule has 4 rings (SSSR count). The van der Waals surface area contributed by atoms with Crippen LogP contribution in [0.3, 0.4) is 0 Å². The molecule has 6 nitrogen and oxygen atoms in total. The van der Waals surface area contributed by atoms with Gasteiger partial charge in [-0.25, -0.2) is 4.99 Å². The summed E-state index contributed by atoms with van der Waals surface area (Å²) in [7, 11) is 3.90. The molecule has 0 bridgehead atoms. The van der Waals surface area contributed by atoms with Gasteiger partial charge in [0.25, 0.3) is 5.91 Å². The molecule has 1 N–H and O–H groups in total. The number of aliphatic imine (C=N–C) groups is 2. The maximum absolute atomic E-state index is 12.7. The summed E-state index contributed by atoms with van der Waals surface area (Å²) in [6.07, 6.45) is 0. The summed E-state index contributed by atoms with van der Waals surface area (Å²) in [4.78, 5) is 25.8. The van der Waals surface area contributed by atoms with Crippen molar-refractivity contribution in [1.82, 2.24) is 10.2 Å². The first-order valence-corrected chi connectivity index (χ1v) is 8.22. The maximum atomic E-state index is 12.7. The second-order valence-corrected chi connectivity index (χ2v) is 6.21. The predicted molar refractivity (Wildman–Crippen MR) is 99.9 cm³/mol. The molecule has 0 spiro atoms. The number of amides is 1. The molecule has 0 saturated carbocycles. The SMILES string of the molecule is CN(C)c1cccc(C(=O)NC2=Nc3ccccc3C3=NCCN23)c1. The quantitative estimate of drug-likeness (QED) is 0.917. The van der Waals surface area contributed by atoms with Crippen molar-refractivity contribution in [3.05, 3.63) is 59.7 Å². The Labute approximate surface area is 146 Å². The first-order valence-electron chi connectivity index (χ1n) is 8.22. The Kier molecular flexibility index (Phi) is 3.72. The average Bonchev–Trinajstić information content (AvgIpc) is 3.12. The normalized spacial score (nSPS) is 15.0. The van der Waals surface area contributed by atoms with Gasteiger partial charge in [-0.1, -0.05) is 18.2 Å². The molecule has 0 aliphatic carbocycles. The number of para-hydroxylation sites is 1. The third kappa shape index (κ3) is 2.76. The van der Waals surface area contributed by atoms with E-state index in [-0.39, 0.29) is 5.91 Å². The van der Waals surface area contributed by atoms with Crippen LogP contribution in [0, 0.1) is 0 Å². The van der Waals surface area contributed by atoms with Crippen LogP contribution in [0.25, 0.3) is 0 Å². The Balaban J connectivity index is 1.64. The van der Waals surface area contributed by atoms with E-state index in [9.17, 15) is 4.79 Å². The van der Waals surface area contributed by atoms with Gasteiger partial charge in [-0.15, -0.1) is 0 Å². The smallest absolute Gasteiger partial charge is 0.258 e. The van der Waals surface area contributed by atoms with Crippen LogP contribution in [0.4, 0.5) is 11.4 Å². The second-order valence-electron chi connectivity index (χ2n) is 6.21. The van der Waals surface area contributed by atoms with Crippen molar-refractivity contribution in [1.29, 1.82) is 0 Å². The lowest BCUT2D eigenvalue weighted by molar-refractivity contribution is 0.0974. The van der Waals surface area contributed by atoms with E-state index in [0.29, 0.717) is 18.1 Å². The van der Waals surface area contributed by atoms with Crippen LogP contribution < -0.4 is 10.2 Å². The molecule has 2 aliphatic rings. The number of benzene rings is 2. The number of fused-ring (bicyclic) bond motifs is 3. The van der Waals surface area contributed by atoms with Crippen molar-refractivity contribution < 1.29 is 4.79 Å². The van der Waals surface area contributed by atoms with Gasteiger partial charge in [0.05, 0.1) is 12.2 Å². The lowest BCUT2D eigenvalue weighted by Crippen LogP contribution is -2.47. The van der Waals surface area contributed by atoms with Crippen molar-refractivity contribution in [3.8, 4) is 0 Å². The molecule has 1 amide bonds. The van der Waals surface area contributed by atoms with E-state index in [1.165, 1.54) is 0 Å². The molecule has 0 radical (unpaired) electrons. The molecule has 2 aromatic rings. The monoisotopic (exact) mass is 333 g/mol. The summed E-state index contributed by atoms with van der Waals surface area (Å²) >= 11 is 0. The highest BCUT2D eigenvalue weighted by atomic mass is 16.1. The van der Waals surface area contributed by atoms with Crippen molar-refractivity contribution >= 4 is 29.1 Å². The van der Waals surface area contributed by atoms with Crippen LogP contribution in [-0.4, -0.2) is 49.8 Å². The number of amidine groups is 1. The fourth-order valence-electron chi connectivity index (χ4n) is 3.01. The van der Waals surface area contributed by atoms with E-state index >= 15 is 0 Å². The van der Waals surface area contributed by atoms with E-state index in [4.69, 9.17) is 0 Å². The van der Waals surface area contributed by atoms with E-state index < -0.39 is 0 Å². The van der Waals surface area contributed by atoms with Gasteiger partial charge in [0.1, 0.15) is 5.84 Å². The van der Waals surface area contributed by atoms with Gasteiger partial charge < -0.3 is 4.90 Å². The van der Waals surface area contributed by atoms with Gasteiger partial charge in [0.2, 0.25) is 5.96 Å². The molecule has 0 aromatic heterocycles. The maximum Gasteiger partial charge on any atom is 0.258 e. The molecule has 2 aromatic carbocycles. The van der Waals surface area contributed by atoms with Crippen LogP contribution in [0.2, 0.25) is 0 Å². The van der Waals surface area contributed by atoms with Gasteiger partial charge in [-0.05, 0) is 30.3 Å². The molecule has 2 heterocycles. The summed E-state index contributed by atoms with van der Waals surface area (Å²) in [6.45, 7) is 1.43. The molecule has 0 unspecified atom stereocenters. The number of rotatable bonds is 2. The molecular formula is C19H19N5O. The van der Waals surface area contributed by atoms with Crippen LogP contribution in [0.15, 0.2) is 58.5 Å². The zero-order valence-corrected chi connectivity index (χ0v) is 14.2. The third-order valence-electron chi connectivity index (χ3n) is 4.32. The second kappa shape index (κ2) is 6.05. The van der Waals surface area contributed by atoms with E-state index in [2.05, 4.69) is 15.3 Å². The Morgan fingerprint density at radius 2 is 2.00 bits per heavy atom. The van der Waals surface area contributed by atoms with Crippen molar-refractivity contribution in [2.45, 2.75) is 0 Å². The van der Waals surface area contributed by atoms with Crippen LogP contribution in [0.5, 0.6) is 0 Å². The van der Waals surface area contributed by atoms with Gasteiger partial charge in [-0.2, -0.15) is 0 Å². The number of carbonyl (C=O) groups is 1. The van der Waals surface area contributed by atoms with E-state index in [0.717, 1.165) is 29.3 Å². The summed E-state index contributed by atoms with van der Waals surface area (Å²) in [6, 6.07) is 15.4. The van der Waals surface area contributed by atoms with Gasteiger partial charge in [0.15, 0.2) is 0 Å². The largest absolute Gasteiger partial charge is 0.378 e. The van der Waals surface area contributed by atoms with E-state index in [1.807, 2.05) is 66.4 Å². The number of guanidine groups is 1. The fraction of sp³-hybridized carbons (Fsp3) is 0.211. The molecule has 126 valence electrons. The number of hydrogen-bond donors (Lipinski definition) is 1. The van der Waals surface area contributed by atoms with Crippen LogP contribution in [-0.2, 0) is 0 Å². The summed E-state index contributed by atoms with van der Waals surface area (Å²) in [5.74, 6) is 1.24. The first kappa shape index (κ1) is 15.4. The van der Waals surface area contributed by atoms with Crippen LogP contribution >= 0.6 is 0 Å². The minimum absolute atomic E-state index is 0.173. The highest BCUT2D eigenvalue weighted by Gasteiger charge is 2.30. The lowest BCUT2D eigenvalue weighted by atomic mass is 10.1. The summed E-state index contributed by atoms with van der Waals surface area (Å²) in [5.41, 5.74) is 3.42. The zero-order chi connectivity index (χ0) is 17.4. The van der Waals surface area contributed by atoms with Gasteiger partial charge in [-0.3, -0.25) is 20.0 Å². The molecule has 0 saturated heterocycles. The van der Waals surface area contributed by atoms with Crippen LogP contribution in [0.1, 0.15) is 15.9 Å². The highest BCUT2D eigenvalue weighted by molar-refractivity contribution is 6.19. The number of anilines is 1. The minimum atomic E-state index is -0.173. The molecule has 0 atom stereocenters. The Hall–Kier alpha value is -3.15. The van der Waals surface area contributed by atoms with Crippen molar-refractivity contribution in [3.63, 3.8) is 0 Å². The highest BCUT2D eigenvalue weighted by Crippen LogP contribution is 2.27. The summed E-state index contributed by atoms with van der Waals surface area (Å²) < 4.78 is 0. The number of nitrogens with one attached hydrogen (secondary N) is 1. The lowest BCUT2D eigenvalue weighted by Gasteiger charge is -2.27. The number of nitrogens with zero attached hydrogens (tertiary/aromatic N) is 4. The molecule has 0 fully saturated rings. The molecule has 2 aliphatic heterocycles. The standard InChI is InChI=1S/C19H19N5O/c1-23(2)14-7-5-6-13(12-14)18(25)22-19-21-16-9-4-3-8-15(16)17-20-10-11-24(17)19/h3-9,12H,10-11H2,1-2H3,(H,21,22,25). The minimum Gasteiger partial charge on any atom is -0.378 e. The van der Waals surface area contributed by atoms with Gasteiger partial charge >= 0.3 is 0 Å². The summed E-state index contributed by atoms with van der Waals surface area (Å²) in [5, 5.41) is 2.95. The first-order chi connectivity index (χ1) is 12.1. The van der Waals surface area contributed by atoms with Gasteiger partial charge in [0, 0.05) is 37.5 Å². The molecule has 25 heavy (non-hydrogen) atoms. The number of hydrogen-bond acceptors (Lipinski definition) is 5. The van der Waals surface area contributed by atoms with Crippen molar-refractivity contribution in [2.75, 3.05) is 32.1 Å². The Bertz CT molecular complexity index is 900.